The summed E-state index contributed by atoms with van der Waals surface area (Å²) in [5, 5.41) is 12.3. The summed E-state index contributed by atoms with van der Waals surface area (Å²) in [7, 11) is 0. The van der Waals surface area contributed by atoms with E-state index >= 15 is 0 Å². The van der Waals surface area contributed by atoms with Gasteiger partial charge in [0, 0.05) is 12.2 Å². The number of benzene rings is 2. The van der Waals surface area contributed by atoms with E-state index in [1.807, 2.05) is 0 Å². The van der Waals surface area contributed by atoms with Crippen molar-refractivity contribution in [1.29, 1.82) is 0 Å². The lowest BCUT2D eigenvalue weighted by atomic mass is 10.1. The highest BCUT2D eigenvalue weighted by molar-refractivity contribution is 5.94. The van der Waals surface area contributed by atoms with Gasteiger partial charge in [-0.1, -0.05) is 18.2 Å². The molecular formula is C15H14F2N2O2. The van der Waals surface area contributed by atoms with Gasteiger partial charge in [-0.15, -0.1) is 0 Å². The number of nitrogen functional groups attached to an aromatic ring is 1. The summed E-state index contributed by atoms with van der Waals surface area (Å²) in [5.74, 6) is -3.10. The number of amides is 1. The van der Waals surface area contributed by atoms with Crippen molar-refractivity contribution in [1.82, 2.24) is 5.32 Å². The fourth-order valence-electron chi connectivity index (χ4n) is 1.80. The number of hydrogen-bond donors (Lipinski definition) is 3. The number of aliphatic hydroxyl groups is 1. The van der Waals surface area contributed by atoms with Crippen LogP contribution in [0.3, 0.4) is 0 Å². The van der Waals surface area contributed by atoms with Crippen LogP contribution in [-0.2, 0) is 0 Å². The van der Waals surface area contributed by atoms with Crippen LogP contribution in [0.15, 0.2) is 42.5 Å². The molecule has 0 aromatic heterocycles. The van der Waals surface area contributed by atoms with Crippen molar-refractivity contribution in [3.63, 3.8) is 0 Å². The van der Waals surface area contributed by atoms with Crippen molar-refractivity contribution in [3.05, 3.63) is 65.2 Å². The quantitative estimate of drug-likeness (QED) is 0.755. The molecule has 0 aliphatic carbocycles. The molecule has 0 aliphatic rings. The molecule has 0 spiro atoms. The average Bonchev–Trinajstić information content (AvgIpc) is 2.48. The van der Waals surface area contributed by atoms with Crippen LogP contribution in [-0.4, -0.2) is 17.6 Å². The maximum Gasteiger partial charge on any atom is 0.254 e. The summed E-state index contributed by atoms with van der Waals surface area (Å²) in [6.45, 7) is -0.126. The Morgan fingerprint density at radius 2 is 1.86 bits per heavy atom. The second-order valence-corrected chi connectivity index (χ2v) is 4.49. The van der Waals surface area contributed by atoms with Crippen molar-refractivity contribution in [2.24, 2.45) is 0 Å². The fourth-order valence-corrected chi connectivity index (χ4v) is 1.80. The molecule has 1 amide bonds. The summed E-state index contributed by atoms with van der Waals surface area (Å²) < 4.78 is 26.5. The first-order chi connectivity index (χ1) is 9.99. The van der Waals surface area contributed by atoms with E-state index in [0.717, 1.165) is 6.07 Å². The number of carbonyl (C=O) groups is 1. The molecule has 4 N–H and O–H groups in total. The van der Waals surface area contributed by atoms with Crippen molar-refractivity contribution in [2.45, 2.75) is 6.10 Å². The Kier molecular flexibility index (Phi) is 4.49. The molecule has 1 unspecified atom stereocenters. The lowest BCUT2D eigenvalue weighted by Crippen LogP contribution is -2.29. The van der Waals surface area contributed by atoms with E-state index in [9.17, 15) is 18.7 Å². The molecule has 2 aromatic carbocycles. The van der Waals surface area contributed by atoms with Crippen LogP contribution in [0.2, 0.25) is 0 Å². The molecule has 21 heavy (non-hydrogen) atoms. The normalized spacial score (nSPS) is 12.0. The maximum atomic E-state index is 13.4. The minimum Gasteiger partial charge on any atom is -0.399 e. The summed E-state index contributed by atoms with van der Waals surface area (Å²) in [6.07, 6.45) is -0.967. The first-order valence-electron chi connectivity index (χ1n) is 6.24. The smallest absolute Gasteiger partial charge is 0.254 e. The molecule has 2 aromatic rings. The molecule has 0 aliphatic heterocycles. The number of aliphatic hydroxyl groups excluding tert-OH is 1. The van der Waals surface area contributed by atoms with Crippen molar-refractivity contribution in [3.8, 4) is 0 Å². The number of nitrogens with two attached hydrogens (primary N) is 1. The van der Waals surface area contributed by atoms with Gasteiger partial charge in [0.05, 0.1) is 11.7 Å². The Morgan fingerprint density at radius 3 is 2.52 bits per heavy atom. The molecule has 4 nitrogen and oxygen atoms in total. The van der Waals surface area contributed by atoms with Gasteiger partial charge >= 0.3 is 0 Å². The molecule has 2 rings (SSSR count). The molecule has 0 radical (unpaired) electrons. The summed E-state index contributed by atoms with van der Waals surface area (Å²) in [4.78, 5) is 11.8. The summed E-state index contributed by atoms with van der Waals surface area (Å²) >= 11 is 0. The van der Waals surface area contributed by atoms with Gasteiger partial charge in [-0.3, -0.25) is 4.79 Å². The minimum absolute atomic E-state index is 0.126. The van der Waals surface area contributed by atoms with Crippen LogP contribution in [0.1, 0.15) is 22.0 Å². The predicted octanol–water partition coefficient (Wildman–Crippen LogP) is 2.01. The van der Waals surface area contributed by atoms with E-state index in [4.69, 9.17) is 5.73 Å². The Morgan fingerprint density at radius 1 is 1.19 bits per heavy atom. The fraction of sp³-hybridized carbons (Fsp3) is 0.133. The number of anilines is 1. The van der Waals surface area contributed by atoms with Crippen molar-refractivity contribution in [2.75, 3.05) is 12.3 Å². The van der Waals surface area contributed by atoms with E-state index < -0.39 is 29.2 Å². The minimum atomic E-state index is -1.21. The zero-order chi connectivity index (χ0) is 15.4. The summed E-state index contributed by atoms with van der Waals surface area (Å²) in [6, 6.07) is 9.81. The highest BCUT2D eigenvalue weighted by Crippen LogP contribution is 2.15. The Bertz CT molecular complexity index is 645. The molecule has 0 saturated carbocycles. The summed E-state index contributed by atoms with van der Waals surface area (Å²) in [5.41, 5.74) is 6.24. The Labute approximate surface area is 120 Å². The molecule has 0 bridgehead atoms. The highest BCUT2D eigenvalue weighted by Gasteiger charge is 2.16. The second kappa shape index (κ2) is 6.32. The van der Waals surface area contributed by atoms with Gasteiger partial charge in [0.25, 0.3) is 5.91 Å². The van der Waals surface area contributed by atoms with Gasteiger partial charge in [-0.2, -0.15) is 0 Å². The molecule has 0 heterocycles. The van der Waals surface area contributed by atoms with Gasteiger partial charge in [0.15, 0.2) is 11.6 Å². The van der Waals surface area contributed by atoms with Crippen LogP contribution in [0, 0.1) is 11.6 Å². The first-order valence-corrected chi connectivity index (χ1v) is 6.24. The van der Waals surface area contributed by atoms with Gasteiger partial charge in [0.1, 0.15) is 0 Å². The topological polar surface area (TPSA) is 75.3 Å². The van der Waals surface area contributed by atoms with Gasteiger partial charge in [0.2, 0.25) is 0 Å². The van der Waals surface area contributed by atoms with Crippen LogP contribution in [0.25, 0.3) is 0 Å². The standard InChI is InChI=1S/C15H14F2N2O2/c16-12-3-1-2-11(14(12)17)15(21)19-8-13(20)9-4-6-10(18)7-5-9/h1-7,13,20H,8,18H2,(H,19,21). The van der Waals surface area contributed by atoms with Crippen LogP contribution in [0.5, 0.6) is 0 Å². The van der Waals surface area contributed by atoms with Crippen molar-refractivity contribution < 1.29 is 18.7 Å². The molecular weight excluding hydrogens is 278 g/mol. The molecule has 0 saturated heterocycles. The third-order valence-electron chi connectivity index (χ3n) is 2.97. The number of carbonyl (C=O) groups excluding carboxylic acids is 1. The lowest BCUT2D eigenvalue weighted by Gasteiger charge is -2.13. The van der Waals surface area contributed by atoms with Gasteiger partial charge < -0.3 is 16.2 Å². The lowest BCUT2D eigenvalue weighted by molar-refractivity contribution is 0.0911. The van der Waals surface area contributed by atoms with E-state index in [0.29, 0.717) is 11.3 Å². The number of hydrogen-bond acceptors (Lipinski definition) is 3. The molecule has 0 fully saturated rings. The zero-order valence-corrected chi connectivity index (χ0v) is 11.0. The van der Waals surface area contributed by atoms with E-state index in [1.54, 1.807) is 24.3 Å². The Hall–Kier alpha value is -2.47. The molecule has 110 valence electrons. The van der Waals surface area contributed by atoms with Gasteiger partial charge in [-0.05, 0) is 29.8 Å². The van der Waals surface area contributed by atoms with E-state index in [1.165, 1.54) is 12.1 Å². The average molecular weight is 292 g/mol. The molecule has 6 heteroatoms. The molecule has 1 atom stereocenters. The Balaban J connectivity index is 2.00. The second-order valence-electron chi connectivity index (χ2n) is 4.49. The number of rotatable bonds is 4. The van der Waals surface area contributed by atoms with E-state index in [2.05, 4.69) is 5.32 Å². The van der Waals surface area contributed by atoms with Crippen LogP contribution in [0.4, 0.5) is 14.5 Å². The predicted molar refractivity (Wildman–Crippen MR) is 74.5 cm³/mol. The number of halogens is 2. The third-order valence-corrected chi connectivity index (χ3v) is 2.97. The SMILES string of the molecule is Nc1ccc(C(O)CNC(=O)c2cccc(F)c2F)cc1. The highest BCUT2D eigenvalue weighted by atomic mass is 19.2. The van der Waals surface area contributed by atoms with E-state index in [-0.39, 0.29) is 6.54 Å². The first kappa shape index (κ1) is 14.9. The monoisotopic (exact) mass is 292 g/mol. The van der Waals surface area contributed by atoms with Crippen LogP contribution >= 0.6 is 0 Å². The van der Waals surface area contributed by atoms with Crippen LogP contribution < -0.4 is 11.1 Å². The third kappa shape index (κ3) is 3.55. The maximum absolute atomic E-state index is 13.4. The van der Waals surface area contributed by atoms with Crippen molar-refractivity contribution >= 4 is 11.6 Å². The largest absolute Gasteiger partial charge is 0.399 e. The zero-order valence-electron chi connectivity index (χ0n) is 11.0. The van der Waals surface area contributed by atoms with Gasteiger partial charge in [-0.25, -0.2) is 8.78 Å². The number of nitrogens with one attached hydrogen (secondary N) is 1.